The van der Waals surface area contributed by atoms with Gasteiger partial charge in [-0.15, -0.1) is 0 Å². The molecule has 0 spiro atoms. The van der Waals surface area contributed by atoms with E-state index in [1.165, 1.54) is 0 Å². The number of carbonyl (C=O) groups is 2. The van der Waals surface area contributed by atoms with E-state index in [0.29, 0.717) is 0 Å². The number of halogens is 3. The van der Waals surface area contributed by atoms with Crippen molar-refractivity contribution in [3.63, 3.8) is 0 Å². The first-order chi connectivity index (χ1) is 9.43. The molecule has 1 saturated heterocycles. The largest absolute Gasteiger partial charge is 0.490 e. The van der Waals surface area contributed by atoms with Crippen molar-refractivity contribution < 1.29 is 32.6 Å². The Morgan fingerprint density at radius 3 is 2.10 bits per heavy atom. The molecule has 0 aliphatic carbocycles. The van der Waals surface area contributed by atoms with Gasteiger partial charge in [-0.05, 0) is 33.7 Å². The number of hydrogen-bond donors (Lipinski definition) is 2. The Hall–Kier alpha value is -1.51. The Bertz CT molecular complexity index is 345. The van der Waals surface area contributed by atoms with Gasteiger partial charge >= 0.3 is 18.2 Å². The second-order valence-corrected chi connectivity index (χ2v) is 5.37. The highest BCUT2D eigenvalue weighted by Crippen LogP contribution is 2.13. The predicted octanol–water partition coefficient (Wildman–Crippen LogP) is 1.85. The third kappa shape index (κ3) is 9.94. The van der Waals surface area contributed by atoms with Gasteiger partial charge in [-0.3, -0.25) is 0 Å². The number of hydrogen-bond acceptors (Lipinski definition) is 4. The molecule has 124 valence electrons. The second-order valence-electron chi connectivity index (χ2n) is 5.37. The van der Waals surface area contributed by atoms with Gasteiger partial charge in [-0.1, -0.05) is 0 Å². The van der Waals surface area contributed by atoms with Crippen LogP contribution < -0.4 is 5.32 Å². The van der Waals surface area contributed by atoms with Crippen molar-refractivity contribution in [2.24, 2.45) is 0 Å². The highest BCUT2D eigenvalue weighted by molar-refractivity contribution is 5.73. The summed E-state index contributed by atoms with van der Waals surface area (Å²) in [5.41, 5.74) is -0.392. The smallest absolute Gasteiger partial charge is 0.475 e. The number of carbonyl (C=O) groups excluding carboxylic acids is 1. The molecule has 0 aromatic heterocycles. The quantitative estimate of drug-likeness (QED) is 0.713. The zero-order valence-corrected chi connectivity index (χ0v) is 12.3. The van der Waals surface area contributed by atoms with Gasteiger partial charge in [0, 0.05) is 19.6 Å². The number of nitrogens with one attached hydrogen (secondary N) is 1. The second kappa shape index (κ2) is 8.06. The number of alkyl halides is 3. The average Bonchev–Trinajstić information content (AvgIpc) is 2.54. The molecule has 1 aliphatic heterocycles. The Morgan fingerprint density at radius 1 is 1.14 bits per heavy atom. The van der Waals surface area contributed by atoms with Crippen molar-refractivity contribution in [2.45, 2.75) is 39.0 Å². The van der Waals surface area contributed by atoms with Crippen LogP contribution in [0.5, 0.6) is 0 Å². The molecule has 1 fully saturated rings. The molecular formula is C12H21F3N2O4. The average molecular weight is 314 g/mol. The van der Waals surface area contributed by atoms with Gasteiger partial charge < -0.3 is 20.1 Å². The van der Waals surface area contributed by atoms with Crippen LogP contribution in [-0.4, -0.2) is 60.0 Å². The number of carboxylic acid groups (broad SMARTS) is 1. The third-order valence-electron chi connectivity index (χ3n) is 2.23. The van der Waals surface area contributed by atoms with Gasteiger partial charge in [0.1, 0.15) is 5.60 Å². The normalized spacial score (nSPS) is 16.4. The summed E-state index contributed by atoms with van der Waals surface area (Å²) in [4.78, 5) is 22.3. The highest BCUT2D eigenvalue weighted by Gasteiger charge is 2.38. The van der Waals surface area contributed by atoms with Crippen molar-refractivity contribution in [1.82, 2.24) is 10.2 Å². The van der Waals surface area contributed by atoms with Crippen molar-refractivity contribution in [3.8, 4) is 0 Å². The number of ether oxygens (including phenoxy) is 1. The number of carboxylic acids is 1. The first kappa shape index (κ1) is 19.5. The van der Waals surface area contributed by atoms with Crippen molar-refractivity contribution in [1.29, 1.82) is 0 Å². The summed E-state index contributed by atoms with van der Waals surface area (Å²) in [5.74, 6) is -2.76. The molecule has 0 atom stereocenters. The maximum Gasteiger partial charge on any atom is 0.490 e. The molecule has 9 heteroatoms. The highest BCUT2D eigenvalue weighted by atomic mass is 19.4. The van der Waals surface area contributed by atoms with E-state index in [1.807, 2.05) is 20.8 Å². The van der Waals surface area contributed by atoms with Crippen LogP contribution >= 0.6 is 0 Å². The zero-order chi connectivity index (χ0) is 16.7. The van der Waals surface area contributed by atoms with Gasteiger partial charge in [-0.25, -0.2) is 9.59 Å². The summed E-state index contributed by atoms with van der Waals surface area (Å²) in [6.45, 7) is 9.05. The molecule has 21 heavy (non-hydrogen) atoms. The summed E-state index contributed by atoms with van der Waals surface area (Å²) < 4.78 is 37.0. The Kier molecular flexibility index (Phi) is 7.48. The summed E-state index contributed by atoms with van der Waals surface area (Å²) in [6, 6.07) is 0. The first-order valence-electron chi connectivity index (χ1n) is 6.42. The summed E-state index contributed by atoms with van der Waals surface area (Å²) in [6.07, 6.45) is -4.28. The number of amides is 1. The zero-order valence-electron chi connectivity index (χ0n) is 12.3. The Morgan fingerprint density at radius 2 is 1.67 bits per heavy atom. The van der Waals surface area contributed by atoms with Gasteiger partial charge in [-0.2, -0.15) is 13.2 Å². The minimum absolute atomic E-state index is 0.193. The minimum atomic E-state index is -5.08. The molecule has 0 unspecified atom stereocenters. The van der Waals surface area contributed by atoms with E-state index in [-0.39, 0.29) is 6.09 Å². The van der Waals surface area contributed by atoms with Crippen LogP contribution in [0.2, 0.25) is 0 Å². The van der Waals surface area contributed by atoms with Crippen LogP contribution in [0.25, 0.3) is 0 Å². The number of rotatable bonds is 0. The SMILES string of the molecule is CC(C)(C)OC(=O)N1CCCNCC1.O=C(O)C(F)(F)F. The van der Waals surface area contributed by atoms with Crippen molar-refractivity contribution >= 4 is 12.1 Å². The van der Waals surface area contributed by atoms with Crippen LogP contribution in [0.15, 0.2) is 0 Å². The molecule has 0 radical (unpaired) electrons. The molecule has 1 heterocycles. The molecule has 0 saturated carbocycles. The molecule has 6 nitrogen and oxygen atoms in total. The van der Waals surface area contributed by atoms with Crippen LogP contribution in [0, 0.1) is 0 Å². The summed E-state index contributed by atoms with van der Waals surface area (Å²) in [5, 5.41) is 10.4. The van der Waals surface area contributed by atoms with E-state index in [4.69, 9.17) is 14.6 Å². The standard InChI is InChI=1S/C10H20N2O2.C2HF3O2/c1-10(2,3)14-9(13)12-7-4-5-11-6-8-12;3-2(4,5)1(6)7/h11H,4-8H2,1-3H3;(H,6,7). The molecule has 1 rings (SSSR count). The fourth-order valence-electron chi connectivity index (χ4n) is 1.35. The van der Waals surface area contributed by atoms with E-state index >= 15 is 0 Å². The lowest BCUT2D eigenvalue weighted by Gasteiger charge is -2.26. The Balaban J connectivity index is 0.000000486. The maximum absolute atomic E-state index is 11.6. The summed E-state index contributed by atoms with van der Waals surface area (Å²) >= 11 is 0. The first-order valence-corrected chi connectivity index (χ1v) is 6.42. The van der Waals surface area contributed by atoms with Gasteiger partial charge in [0.2, 0.25) is 0 Å². The van der Waals surface area contributed by atoms with Gasteiger partial charge in [0.05, 0.1) is 0 Å². The number of nitrogens with zero attached hydrogens (tertiary/aromatic N) is 1. The topological polar surface area (TPSA) is 78.9 Å². The predicted molar refractivity (Wildman–Crippen MR) is 69.0 cm³/mol. The van der Waals surface area contributed by atoms with E-state index in [9.17, 15) is 18.0 Å². The van der Waals surface area contributed by atoms with Gasteiger partial charge in [0.15, 0.2) is 0 Å². The van der Waals surface area contributed by atoms with Crippen molar-refractivity contribution in [2.75, 3.05) is 26.2 Å². The molecule has 1 amide bonds. The van der Waals surface area contributed by atoms with Crippen LogP contribution in [0.3, 0.4) is 0 Å². The lowest BCUT2D eigenvalue weighted by atomic mass is 10.2. The van der Waals surface area contributed by atoms with E-state index in [1.54, 1.807) is 4.90 Å². The van der Waals surface area contributed by atoms with Crippen LogP contribution in [0.1, 0.15) is 27.2 Å². The third-order valence-corrected chi connectivity index (χ3v) is 2.23. The molecule has 0 aromatic rings. The molecule has 2 N–H and O–H groups in total. The molecule has 0 aromatic carbocycles. The summed E-state index contributed by atoms with van der Waals surface area (Å²) in [7, 11) is 0. The van der Waals surface area contributed by atoms with E-state index < -0.39 is 17.7 Å². The fourth-order valence-corrected chi connectivity index (χ4v) is 1.35. The fraction of sp³-hybridized carbons (Fsp3) is 0.833. The van der Waals surface area contributed by atoms with Crippen molar-refractivity contribution in [3.05, 3.63) is 0 Å². The van der Waals surface area contributed by atoms with E-state index in [2.05, 4.69) is 5.32 Å². The number of aliphatic carboxylic acids is 1. The molecule has 1 aliphatic rings. The van der Waals surface area contributed by atoms with E-state index in [0.717, 1.165) is 32.6 Å². The van der Waals surface area contributed by atoms with Gasteiger partial charge in [0.25, 0.3) is 0 Å². The molecular weight excluding hydrogens is 293 g/mol. The lowest BCUT2D eigenvalue weighted by Crippen LogP contribution is -2.38. The Labute approximate surface area is 121 Å². The van der Waals surface area contributed by atoms with Crippen LogP contribution in [-0.2, 0) is 9.53 Å². The van der Waals surface area contributed by atoms with Crippen LogP contribution in [0.4, 0.5) is 18.0 Å². The lowest BCUT2D eigenvalue weighted by molar-refractivity contribution is -0.192. The monoisotopic (exact) mass is 314 g/mol. The molecule has 0 bridgehead atoms. The minimum Gasteiger partial charge on any atom is -0.475 e. The maximum atomic E-state index is 11.6.